The van der Waals surface area contributed by atoms with Gasteiger partial charge in [0.05, 0.1) is 11.1 Å². The van der Waals surface area contributed by atoms with E-state index < -0.39 is 0 Å². The minimum absolute atomic E-state index is 0.829. The van der Waals surface area contributed by atoms with Crippen molar-refractivity contribution in [2.75, 3.05) is 4.90 Å². The Morgan fingerprint density at radius 1 is 0.327 bits per heavy atom. The fourth-order valence-electron chi connectivity index (χ4n) is 7.91. The van der Waals surface area contributed by atoms with Gasteiger partial charge in [0.25, 0.3) is 0 Å². The molecular weight excluding hydrogens is 639 g/mol. The summed E-state index contributed by atoms with van der Waals surface area (Å²) in [5.41, 5.74) is 12.5. The summed E-state index contributed by atoms with van der Waals surface area (Å²) in [7, 11) is 0. The SMILES string of the molecule is c1ccc(N(c2ccccc2)c2cccc3oc4cc(-c5cccc6c5oc5cc(-c7cccc8c7oc7ccccc78)ccc56)ccc4c23)cc1. The van der Waals surface area contributed by atoms with Crippen molar-refractivity contribution in [1.82, 2.24) is 0 Å². The number of rotatable bonds is 5. The molecule has 0 radical (unpaired) electrons. The van der Waals surface area contributed by atoms with Crippen LogP contribution in [0, 0.1) is 0 Å². The Kier molecular flexibility index (Phi) is 6.22. The van der Waals surface area contributed by atoms with Gasteiger partial charge in [0.1, 0.15) is 33.5 Å². The molecule has 244 valence electrons. The van der Waals surface area contributed by atoms with Crippen LogP contribution < -0.4 is 4.90 Å². The maximum atomic E-state index is 6.72. The highest BCUT2D eigenvalue weighted by Crippen LogP contribution is 2.45. The van der Waals surface area contributed by atoms with Gasteiger partial charge in [-0.1, -0.05) is 109 Å². The van der Waals surface area contributed by atoms with Gasteiger partial charge >= 0.3 is 0 Å². The zero-order valence-corrected chi connectivity index (χ0v) is 27.9. The fraction of sp³-hybridized carbons (Fsp3) is 0. The molecule has 3 heterocycles. The third-order valence-corrected chi connectivity index (χ3v) is 10.3. The quantitative estimate of drug-likeness (QED) is 0.183. The molecule has 0 fully saturated rings. The van der Waals surface area contributed by atoms with Crippen molar-refractivity contribution in [3.8, 4) is 22.3 Å². The molecule has 0 unspecified atom stereocenters. The summed E-state index contributed by atoms with van der Waals surface area (Å²) in [6, 6.07) is 61.1. The lowest BCUT2D eigenvalue weighted by atomic mass is 9.99. The monoisotopic (exact) mass is 667 g/mol. The minimum atomic E-state index is 0.829. The van der Waals surface area contributed by atoms with Crippen LogP contribution in [0.1, 0.15) is 0 Å². The summed E-state index contributed by atoms with van der Waals surface area (Å²) in [6.45, 7) is 0. The first kappa shape index (κ1) is 28.8. The molecule has 0 saturated heterocycles. The number of hydrogen-bond acceptors (Lipinski definition) is 4. The van der Waals surface area contributed by atoms with Crippen LogP contribution in [0.2, 0.25) is 0 Å². The summed E-state index contributed by atoms with van der Waals surface area (Å²) in [5, 5.41) is 6.53. The molecule has 52 heavy (non-hydrogen) atoms. The number of furan rings is 3. The van der Waals surface area contributed by atoms with Gasteiger partial charge in [-0.2, -0.15) is 0 Å². The van der Waals surface area contributed by atoms with Gasteiger partial charge in [-0.25, -0.2) is 0 Å². The fourth-order valence-corrected chi connectivity index (χ4v) is 7.91. The number of anilines is 3. The van der Waals surface area contributed by atoms with Crippen LogP contribution in [-0.2, 0) is 0 Å². The van der Waals surface area contributed by atoms with Crippen molar-refractivity contribution in [1.29, 1.82) is 0 Å². The molecule has 0 aliphatic carbocycles. The van der Waals surface area contributed by atoms with Crippen molar-refractivity contribution >= 4 is 82.9 Å². The maximum absolute atomic E-state index is 6.72. The van der Waals surface area contributed by atoms with Gasteiger partial charge in [0, 0.05) is 49.4 Å². The maximum Gasteiger partial charge on any atom is 0.143 e. The minimum Gasteiger partial charge on any atom is -0.456 e. The van der Waals surface area contributed by atoms with Crippen LogP contribution in [0.15, 0.2) is 189 Å². The second-order valence-corrected chi connectivity index (χ2v) is 13.2. The first-order valence-corrected chi connectivity index (χ1v) is 17.5. The van der Waals surface area contributed by atoms with E-state index in [1.54, 1.807) is 0 Å². The highest BCUT2D eigenvalue weighted by atomic mass is 16.3. The molecule has 4 heteroatoms. The Labute approximate surface area is 298 Å². The van der Waals surface area contributed by atoms with Gasteiger partial charge in [0.15, 0.2) is 0 Å². The summed E-state index contributed by atoms with van der Waals surface area (Å²) >= 11 is 0. The average molecular weight is 668 g/mol. The van der Waals surface area contributed by atoms with Gasteiger partial charge in [0.2, 0.25) is 0 Å². The molecule has 0 spiro atoms. The van der Waals surface area contributed by atoms with E-state index in [0.29, 0.717) is 0 Å². The van der Waals surface area contributed by atoms with Crippen molar-refractivity contribution in [3.63, 3.8) is 0 Å². The molecule has 0 N–H and O–H groups in total. The van der Waals surface area contributed by atoms with E-state index in [-0.39, 0.29) is 0 Å². The number of fused-ring (bicyclic) bond motifs is 9. The first-order chi connectivity index (χ1) is 25.8. The number of para-hydroxylation sites is 5. The van der Waals surface area contributed by atoms with E-state index in [9.17, 15) is 0 Å². The van der Waals surface area contributed by atoms with Gasteiger partial charge in [-0.15, -0.1) is 0 Å². The second kappa shape index (κ2) is 11.2. The molecule has 0 atom stereocenters. The van der Waals surface area contributed by atoms with Crippen LogP contribution in [-0.4, -0.2) is 0 Å². The van der Waals surface area contributed by atoms with Crippen LogP contribution in [0.3, 0.4) is 0 Å². The van der Waals surface area contributed by atoms with Crippen molar-refractivity contribution in [2.45, 2.75) is 0 Å². The van der Waals surface area contributed by atoms with E-state index in [1.165, 1.54) is 0 Å². The molecule has 0 bridgehead atoms. The highest BCUT2D eigenvalue weighted by molar-refractivity contribution is 6.16. The normalized spacial score (nSPS) is 11.8. The van der Waals surface area contributed by atoms with E-state index in [1.807, 2.05) is 24.3 Å². The zero-order valence-electron chi connectivity index (χ0n) is 27.9. The zero-order chi connectivity index (χ0) is 34.2. The molecule has 0 saturated carbocycles. The number of benzene rings is 8. The Balaban J connectivity index is 1.04. The topological polar surface area (TPSA) is 42.7 Å². The molecule has 3 aromatic heterocycles. The van der Waals surface area contributed by atoms with E-state index in [2.05, 4.69) is 157 Å². The smallest absolute Gasteiger partial charge is 0.143 e. The Morgan fingerprint density at radius 3 is 1.50 bits per heavy atom. The van der Waals surface area contributed by atoms with Crippen LogP contribution in [0.4, 0.5) is 17.1 Å². The summed E-state index contributed by atoms with van der Waals surface area (Å²) < 4.78 is 19.7. The Bertz CT molecular complexity index is 3090. The third-order valence-electron chi connectivity index (χ3n) is 10.3. The molecule has 0 amide bonds. The molecule has 11 rings (SSSR count). The van der Waals surface area contributed by atoms with Crippen molar-refractivity contribution in [3.05, 3.63) is 176 Å². The molecule has 0 aliphatic heterocycles. The highest BCUT2D eigenvalue weighted by Gasteiger charge is 2.21. The molecule has 4 nitrogen and oxygen atoms in total. The summed E-state index contributed by atoms with van der Waals surface area (Å²) in [6.07, 6.45) is 0. The largest absolute Gasteiger partial charge is 0.456 e. The molecular formula is C48H29NO3. The van der Waals surface area contributed by atoms with E-state index in [0.717, 1.165) is 105 Å². The Hall–Kier alpha value is -7.04. The van der Waals surface area contributed by atoms with Crippen LogP contribution in [0.5, 0.6) is 0 Å². The van der Waals surface area contributed by atoms with Crippen LogP contribution >= 0.6 is 0 Å². The van der Waals surface area contributed by atoms with E-state index in [4.69, 9.17) is 13.3 Å². The van der Waals surface area contributed by atoms with Gasteiger partial charge < -0.3 is 18.2 Å². The van der Waals surface area contributed by atoms with Gasteiger partial charge in [-0.05, 0) is 77.9 Å². The molecule has 0 aliphatic rings. The molecule has 11 aromatic rings. The first-order valence-electron chi connectivity index (χ1n) is 17.5. The summed E-state index contributed by atoms with van der Waals surface area (Å²) in [5.74, 6) is 0. The van der Waals surface area contributed by atoms with E-state index >= 15 is 0 Å². The average Bonchev–Trinajstić information content (AvgIpc) is 3.90. The lowest BCUT2D eigenvalue weighted by Crippen LogP contribution is -2.09. The van der Waals surface area contributed by atoms with Crippen molar-refractivity contribution < 1.29 is 13.3 Å². The summed E-state index contributed by atoms with van der Waals surface area (Å²) in [4.78, 5) is 2.29. The van der Waals surface area contributed by atoms with Crippen molar-refractivity contribution in [2.24, 2.45) is 0 Å². The predicted octanol–water partition coefficient (Wildman–Crippen LogP) is 14.2. The van der Waals surface area contributed by atoms with Crippen LogP contribution in [0.25, 0.3) is 88.1 Å². The third kappa shape index (κ3) is 4.34. The Morgan fingerprint density at radius 2 is 0.827 bits per heavy atom. The number of hydrogen-bond donors (Lipinski definition) is 0. The predicted molar refractivity (Wildman–Crippen MR) is 214 cm³/mol. The molecule has 8 aromatic carbocycles. The van der Waals surface area contributed by atoms with Gasteiger partial charge in [-0.3, -0.25) is 0 Å². The lowest BCUT2D eigenvalue weighted by molar-refractivity contribution is 0.668. The lowest BCUT2D eigenvalue weighted by Gasteiger charge is -2.26. The standard InChI is InChI=1S/C48H29NO3/c1-3-12-32(13-4-1)49(33-14-5-2-6-15-33)41-21-11-23-43-46(41)40-27-25-31(29-45(40)50-43)35-18-10-20-39-37-26-24-30(28-44(37)52-48(35)39)34-17-9-19-38-36-16-7-8-22-42(36)51-47(34)38/h1-29H. The number of nitrogens with zero attached hydrogens (tertiary/aromatic N) is 1. The second-order valence-electron chi connectivity index (χ2n) is 13.2.